The Kier molecular flexibility index (Phi) is 3.92. The van der Waals surface area contributed by atoms with Crippen LogP contribution in [0.25, 0.3) is 6.08 Å². The first-order valence-electron chi connectivity index (χ1n) is 7.33. The fourth-order valence-electron chi connectivity index (χ4n) is 2.82. The molecule has 0 aromatic heterocycles. The third-order valence-corrected chi connectivity index (χ3v) is 4.84. The predicted molar refractivity (Wildman–Crippen MR) is 94.7 cm³/mol. The summed E-state index contributed by atoms with van der Waals surface area (Å²) in [6.07, 6.45) is 4.21. The summed E-state index contributed by atoms with van der Waals surface area (Å²) in [5.41, 5.74) is 1.69. The highest BCUT2D eigenvalue weighted by Crippen LogP contribution is 2.44. The van der Waals surface area contributed by atoms with E-state index in [9.17, 15) is 4.79 Å². The van der Waals surface area contributed by atoms with E-state index < -0.39 is 0 Å². The topological polar surface area (TPSA) is 20.3 Å². The quantitative estimate of drug-likeness (QED) is 0.716. The molecule has 1 saturated heterocycles. The first-order valence-corrected chi connectivity index (χ1v) is 8.12. The number of nitrogens with zero attached hydrogens (tertiary/aromatic N) is 1. The molecule has 0 spiro atoms. The Morgan fingerprint density at radius 1 is 1.05 bits per heavy atom. The zero-order chi connectivity index (χ0) is 15.7. The van der Waals surface area contributed by atoms with Crippen LogP contribution in [0, 0.1) is 5.41 Å². The Hall–Kier alpha value is -1.87. The van der Waals surface area contributed by atoms with E-state index in [-0.39, 0.29) is 17.4 Å². The van der Waals surface area contributed by atoms with Gasteiger partial charge in [-0.15, -0.1) is 0 Å². The third kappa shape index (κ3) is 2.50. The van der Waals surface area contributed by atoms with Crippen molar-refractivity contribution in [2.45, 2.75) is 19.9 Å². The molecule has 2 nitrogen and oxygen atoms in total. The second-order valence-corrected chi connectivity index (χ2v) is 6.92. The van der Waals surface area contributed by atoms with Gasteiger partial charge in [-0.1, -0.05) is 54.6 Å². The van der Waals surface area contributed by atoms with Crippen molar-refractivity contribution in [3.05, 3.63) is 70.7 Å². The smallest absolute Gasteiger partial charge is 0.235 e. The predicted octanol–water partition coefficient (Wildman–Crippen LogP) is 4.90. The van der Waals surface area contributed by atoms with E-state index in [4.69, 9.17) is 0 Å². The Morgan fingerprint density at radius 3 is 2.36 bits per heavy atom. The Labute approximate surface area is 139 Å². The lowest BCUT2D eigenvalue weighted by Crippen LogP contribution is -2.66. The van der Waals surface area contributed by atoms with Gasteiger partial charge in [0.1, 0.15) is 0 Å². The van der Waals surface area contributed by atoms with E-state index >= 15 is 0 Å². The van der Waals surface area contributed by atoms with Gasteiger partial charge in [0.15, 0.2) is 0 Å². The molecular formula is C19H18BrNO. The fraction of sp³-hybridized carbons (Fsp3) is 0.211. The van der Waals surface area contributed by atoms with Crippen LogP contribution in [0.3, 0.4) is 0 Å². The molecule has 0 saturated carbocycles. The van der Waals surface area contributed by atoms with Crippen LogP contribution in [-0.2, 0) is 4.79 Å². The van der Waals surface area contributed by atoms with Gasteiger partial charge in [-0.2, -0.15) is 0 Å². The summed E-state index contributed by atoms with van der Waals surface area (Å²) in [5.74, 6) is 0.155. The molecule has 1 amide bonds. The zero-order valence-electron chi connectivity index (χ0n) is 12.7. The maximum absolute atomic E-state index is 12.5. The second kappa shape index (κ2) is 5.73. The van der Waals surface area contributed by atoms with E-state index in [1.165, 1.54) is 0 Å². The summed E-state index contributed by atoms with van der Waals surface area (Å²) in [4.78, 5) is 14.4. The van der Waals surface area contributed by atoms with E-state index in [0.717, 1.165) is 15.7 Å². The molecule has 0 bridgehead atoms. The van der Waals surface area contributed by atoms with Crippen LogP contribution < -0.4 is 4.90 Å². The van der Waals surface area contributed by atoms with Crippen molar-refractivity contribution in [2.75, 3.05) is 4.90 Å². The number of amides is 1. The molecule has 0 aliphatic carbocycles. The molecule has 1 fully saturated rings. The first kappa shape index (κ1) is 15.0. The summed E-state index contributed by atoms with van der Waals surface area (Å²) in [6, 6.07) is 18.1. The average molecular weight is 356 g/mol. The maximum atomic E-state index is 12.5. The number of para-hydroxylation sites is 1. The van der Waals surface area contributed by atoms with Gasteiger partial charge >= 0.3 is 0 Å². The van der Waals surface area contributed by atoms with E-state index in [2.05, 4.69) is 40.2 Å². The first-order chi connectivity index (χ1) is 10.5. The minimum Gasteiger partial charge on any atom is -0.303 e. The Morgan fingerprint density at radius 2 is 1.68 bits per heavy atom. The molecule has 112 valence electrons. The number of halogens is 1. The van der Waals surface area contributed by atoms with Gasteiger partial charge in [0.05, 0.1) is 17.1 Å². The average Bonchev–Trinajstić information content (AvgIpc) is 2.53. The summed E-state index contributed by atoms with van der Waals surface area (Å²) in [6.45, 7) is 4.01. The highest BCUT2D eigenvalue weighted by atomic mass is 79.9. The minimum absolute atomic E-state index is 0.0545. The second-order valence-electron chi connectivity index (χ2n) is 6.06. The lowest BCUT2D eigenvalue weighted by Gasteiger charge is -2.52. The molecule has 0 radical (unpaired) electrons. The number of hydrogen-bond donors (Lipinski definition) is 0. The molecule has 0 unspecified atom stereocenters. The highest BCUT2D eigenvalue weighted by molar-refractivity contribution is 9.10. The third-order valence-electron chi connectivity index (χ3n) is 4.17. The molecular weight excluding hydrogens is 338 g/mol. The highest BCUT2D eigenvalue weighted by Gasteiger charge is 2.53. The van der Waals surface area contributed by atoms with Crippen molar-refractivity contribution < 1.29 is 4.79 Å². The molecule has 22 heavy (non-hydrogen) atoms. The molecule has 1 aliphatic rings. The summed E-state index contributed by atoms with van der Waals surface area (Å²) >= 11 is 3.54. The molecule has 0 N–H and O–H groups in total. The fourth-order valence-corrected chi connectivity index (χ4v) is 3.30. The standard InChI is InChI=1S/C19H18BrNO/c1-19(2)17(13-12-14-8-4-3-5-9-14)21(18(19)22)16-11-7-6-10-15(16)20/h3-13,17H,1-2H3/b13-12+/t17-/m1/s1. The molecule has 1 heterocycles. The molecule has 1 aliphatic heterocycles. The van der Waals surface area contributed by atoms with Crippen LogP contribution in [0.5, 0.6) is 0 Å². The van der Waals surface area contributed by atoms with Crippen LogP contribution >= 0.6 is 15.9 Å². The minimum atomic E-state index is -0.374. The van der Waals surface area contributed by atoms with Gasteiger partial charge in [0.25, 0.3) is 0 Å². The number of anilines is 1. The van der Waals surface area contributed by atoms with Crippen LogP contribution in [0.2, 0.25) is 0 Å². The summed E-state index contributed by atoms with van der Waals surface area (Å²) in [7, 11) is 0. The number of carbonyl (C=O) groups excluding carboxylic acids is 1. The van der Waals surface area contributed by atoms with Crippen molar-refractivity contribution in [1.29, 1.82) is 0 Å². The van der Waals surface area contributed by atoms with Gasteiger partial charge in [-0.3, -0.25) is 4.79 Å². The number of β-lactam (4-membered cyclic amide) rings is 1. The van der Waals surface area contributed by atoms with Crippen LogP contribution in [0.4, 0.5) is 5.69 Å². The van der Waals surface area contributed by atoms with E-state index in [1.807, 2.05) is 61.2 Å². The van der Waals surface area contributed by atoms with Crippen LogP contribution in [0.1, 0.15) is 19.4 Å². The Balaban J connectivity index is 1.92. The summed E-state index contributed by atoms with van der Waals surface area (Å²) in [5, 5.41) is 0. The van der Waals surface area contributed by atoms with Gasteiger partial charge in [0, 0.05) is 4.47 Å². The number of benzene rings is 2. The maximum Gasteiger partial charge on any atom is 0.235 e. The number of rotatable bonds is 3. The van der Waals surface area contributed by atoms with Gasteiger partial charge in [-0.05, 0) is 47.5 Å². The van der Waals surface area contributed by atoms with Crippen molar-refractivity contribution in [3.63, 3.8) is 0 Å². The normalized spacial score (nSPS) is 20.2. The van der Waals surface area contributed by atoms with Crippen molar-refractivity contribution in [2.24, 2.45) is 5.41 Å². The lowest BCUT2D eigenvalue weighted by molar-refractivity contribution is -0.135. The lowest BCUT2D eigenvalue weighted by atomic mass is 9.73. The van der Waals surface area contributed by atoms with Crippen LogP contribution in [-0.4, -0.2) is 11.9 Å². The zero-order valence-corrected chi connectivity index (χ0v) is 14.2. The van der Waals surface area contributed by atoms with Gasteiger partial charge in [0.2, 0.25) is 5.91 Å². The number of hydrogen-bond acceptors (Lipinski definition) is 1. The Bertz CT molecular complexity index is 721. The molecule has 2 aromatic carbocycles. The molecule has 3 rings (SSSR count). The van der Waals surface area contributed by atoms with Crippen molar-refractivity contribution in [1.82, 2.24) is 0 Å². The SMILES string of the molecule is CC1(C)C(=O)N(c2ccccc2Br)[C@@H]1/C=C/c1ccccc1. The van der Waals surface area contributed by atoms with Crippen molar-refractivity contribution in [3.8, 4) is 0 Å². The monoisotopic (exact) mass is 355 g/mol. The van der Waals surface area contributed by atoms with Crippen molar-refractivity contribution >= 4 is 33.6 Å². The van der Waals surface area contributed by atoms with Gasteiger partial charge < -0.3 is 4.90 Å². The molecule has 2 aromatic rings. The van der Waals surface area contributed by atoms with E-state index in [0.29, 0.717) is 0 Å². The summed E-state index contributed by atoms with van der Waals surface area (Å²) < 4.78 is 0.942. The van der Waals surface area contributed by atoms with Gasteiger partial charge in [-0.25, -0.2) is 0 Å². The van der Waals surface area contributed by atoms with E-state index in [1.54, 1.807) is 0 Å². The number of carbonyl (C=O) groups is 1. The molecule has 3 heteroatoms. The molecule has 1 atom stereocenters. The van der Waals surface area contributed by atoms with Crippen LogP contribution in [0.15, 0.2) is 65.1 Å². The largest absolute Gasteiger partial charge is 0.303 e.